The summed E-state index contributed by atoms with van der Waals surface area (Å²) in [6.45, 7) is 8.07. The minimum Gasteiger partial charge on any atom is -0.366 e. The van der Waals surface area contributed by atoms with Crippen LogP contribution in [0.15, 0.2) is 60.7 Å². The molecule has 0 amide bonds. The molecule has 5 heteroatoms. The van der Waals surface area contributed by atoms with E-state index in [4.69, 9.17) is 9.97 Å². The van der Waals surface area contributed by atoms with Gasteiger partial charge in [0.05, 0.1) is 11.2 Å². The van der Waals surface area contributed by atoms with Crippen LogP contribution < -0.4 is 5.32 Å². The van der Waals surface area contributed by atoms with Gasteiger partial charge >= 0.3 is 0 Å². The van der Waals surface area contributed by atoms with Crippen LogP contribution in [-0.4, -0.2) is 32.5 Å². The van der Waals surface area contributed by atoms with Crippen molar-refractivity contribution in [3.8, 4) is 5.95 Å². The Hall–Kier alpha value is -3.18. The Balaban J connectivity index is 1.60. The predicted molar refractivity (Wildman–Crippen MR) is 122 cm³/mol. The monoisotopic (exact) mass is 397 g/mol. The highest BCUT2D eigenvalue weighted by atomic mass is 15.2. The van der Waals surface area contributed by atoms with Crippen LogP contribution in [0.5, 0.6) is 0 Å². The summed E-state index contributed by atoms with van der Waals surface area (Å²) in [7, 11) is 0. The molecule has 0 radical (unpaired) electrons. The lowest BCUT2D eigenvalue weighted by molar-refractivity contribution is 0.265. The first-order valence-corrected chi connectivity index (χ1v) is 10.7. The molecule has 3 heterocycles. The maximum Gasteiger partial charge on any atom is 0.236 e. The Morgan fingerprint density at radius 3 is 2.63 bits per heavy atom. The standard InChI is InChI=1S/C25H27N5/c1-3-29-14-13-22-21(17-29)24(26-16-19-9-5-4-6-10-19)28-25(27-22)30-18(2)15-20-11-7-8-12-23(20)30/h4-12,15H,3,13-14,16-17H2,1-2H3,(H,26,27,28). The number of likely N-dealkylation sites (N-methyl/N-ethyl adjacent to an activating group) is 1. The normalized spacial score (nSPS) is 14.1. The zero-order valence-electron chi connectivity index (χ0n) is 17.6. The highest BCUT2D eigenvalue weighted by Crippen LogP contribution is 2.28. The molecule has 1 N–H and O–H groups in total. The van der Waals surface area contributed by atoms with Crippen LogP contribution in [0, 0.1) is 6.92 Å². The summed E-state index contributed by atoms with van der Waals surface area (Å²) >= 11 is 0. The van der Waals surface area contributed by atoms with E-state index in [0.717, 1.165) is 61.3 Å². The van der Waals surface area contributed by atoms with Crippen LogP contribution in [-0.2, 0) is 19.5 Å². The van der Waals surface area contributed by atoms with Crippen molar-refractivity contribution < 1.29 is 0 Å². The molecule has 0 aliphatic carbocycles. The van der Waals surface area contributed by atoms with E-state index in [1.165, 1.54) is 16.5 Å². The number of aromatic nitrogens is 3. The van der Waals surface area contributed by atoms with Crippen LogP contribution in [0.3, 0.4) is 0 Å². The van der Waals surface area contributed by atoms with E-state index in [9.17, 15) is 0 Å². The number of benzene rings is 2. The molecule has 0 bridgehead atoms. The summed E-state index contributed by atoms with van der Waals surface area (Å²) in [5.41, 5.74) is 5.94. The Bertz CT molecular complexity index is 1180. The minimum atomic E-state index is 0.751. The van der Waals surface area contributed by atoms with Crippen LogP contribution in [0.4, 0.5) is 5.82 Å². The molecule has 0 atom stereocenters. The van der Waals surface area contributed by atoms with Crippen LogP contribution >= 0.6 is 0 Å². The lowest BCUT2D eigenvalue weighted by atomic mass is 10.1. The number of fused-ring (bicyclic) bond motifs is 2. The van der Waals surface area contributed by atoms with Gasteiger partial charge in [0, 0.05) is 42.7 Å². The summed E-state index contributed by atoms with van der Waals surface area (Å²) in [4.78, 5) is 12.5. The predicted octanol–water partition coefficient (Wildman–Crippen LogP) is 4.72. The number of nitrogens with one attached hydrogen (secondary N) is 1. The highest BCUT2D eigenvalue weighted by molar-refractivity contribution is 5.82. The molecule has 0 fully saturated rings. The Labute approximate surface area is 177 Å². The first-order valence-electron chi connectivity index (χ1n) is 10.7. The molecular weight excluding hydrogens is 370 g/mol. The second kappa shape index (κ2) is 7.92. The van der Waals surface area contributed by atoms with E-state index in [2.05, 4.69) is 83.2 Å². The number of nitrogens with zero attached hydrogens (tertiary/aromatic N) is 4. The van der Waals surface area contributed by atoms with Crippen LogP contribution in [0.2, 0.25) is 0 Å². The second-order valence-corrected chi connectivity index (χ2v) is 7.94. The zero-order chi connectivity index (χ0) is 20.5. The fraction of sp³-hybridized carbons (Fsp3) is 0.280. The summed E-state index contributed by atoms with van der Waals surface area (Å²) in [6, 6.07) is 21.1. The minimum absolute atomic E-state index is 0.751. The fourth-order valence-electron chi connectivity index (χ4n) is 4.31. The number of hydrogen-bond acceptors (Lipinski definition) is 4. The summed E-state index contributed by atoms with van der Waals surface area (Å²) < 4.78 is 2.18. The fourth-order valence-corrected chi connectivity index (χ4v) is 4.31. The third-order valence-electron chi connectivity index (χ3n) is 5.97. The molecule has 4 aromatic rings. The van der Waals surface area contributed by atoms with E-state index in [1.54, 1.807) is 0 Å². The number of para-hydroxylation sites is 1. The molecule has 5 rings (SSSR count). The van der Waals surface area contributed by atoms with Gasteiger partial charge < -0.3 is 5.32 Å². The summed E-state index contributed by atoms with van der Waals surface area (Å²) in [6.07, 6.45) is 0.955. The van der Waals surface area contributed by atoms with E-state index in [1.807, 2.05) is 6.07 Å². The number of hydrogen-bond donors (Lipinski definition) is 1. The molecule has 0 spiro atoms. The highest BCUT2D eigenvalue weighted by Gasteiger charge is 2.23. The first-order chi connectivity index (χ1) is 14.7. The topological polar surface area (TPSA) is 46.0 Å². The third-order valence-corrected chi connectivity index (χ3v) is 5.97. The Kier molecular flexibility index (Phi) is 4.97. The van der Waals surface area contributed by atoms with Crippen LogP contribution in [0.25, 0.3) is 16.9 Å². The van der Waals surface area contributed by atoms with Gasteiger partial charge in [-0.15, -0.1) is 0 Å². The molecule has 1 aliphatic rings. The van der Waals surface area contributed by atoms with Gasteiger partial charge in [0.25, 0.3) is 0 Å². The molecule has 0 saturated heterocycles. The molecular formula is C25H27N5. The van der Waals surface area contributed by atoms with Crippen molar-refractivity contribution in [3.05, 3.63) is 83.2 Å². The molecule has 5 nitrogen and oxygen atoms in total. The number of rotatable bonds is 5. The quantitative estimate of drug-likeness (QED) is 0.529. The van der Waals surface area contributed by atoms with Crippen molar-refractivity contribution in [2.45, 2.75) is 33.4 Å². The lowest BCUT2D eigenvalue weighted by Gasteiger charge is -2.29. The average Bonchev–Trinajstić information content (AvgIpc) is 3.13. The number of aryl methyl sites for hydroxylation is 1. The van der Waals surface area contributed by atoms with Gasteiger partial charge in [-0.25, -0.2) is 4.98 Å². The van der Waals surface area contributed by atoms with E-state index in [0.29, 0.717) is 0 Å². The molecule has 30 heavy (non-hydrogen) atoms. The van der Waals surface area contributed by atoms with Gasteiger partial charge in [-0.1, -0.05) is 55.5 Å². The van der Waals surface area contributed by atoms with Gasteiger partial charge in [0.1, 0.15) is 5.82 Å². The average molecular weight is 398 g/mol. The molecule has 2 aromatic carbocycles. The smallest absolute Gasteiger partial charge is 0.236 e. The molecule has 0 saturated carbocycles. The second-order valence-electron chi connectivity index (χ2n) is 7.94. The maximum absolute atomic E-state index is 5.04. The number of anilines is 1. The van der Waals surface area contributed by atoms with Crippen molar-refractivity contribution in [1.82, 2.24) is 19.4 Å². The maximum atomic E-state index is 5.04. The van der Waals surface area contributed by atoms with Gasteiger partial charge in [-0.2, -0.15) is 4.98 Å². The van der Waals surface area contributed by atoms with E-state index < -0.39 is 0 Å². The van der Waals surface area contributed by atoms with Gasteiger partial charge in [-0.3, -0.25) is 9.47 Å². The largest absolute Gasteiger partial charge is 0.366 e. The first kappa shape index (κ1) is 18.8. The SMILES string of the molecule is CCN1CCc2nc(-n3c(C)cc4ccccc43)nc(NCc3ccccc3)c2C1. The van der Waals surface area contributed by atoms with Crippen molar-refractivity contribution in [2.24, 2.45) is 0 Å². The zero-order valence-corrected chi connectivity index (χ0v) is 17.6. The van der Waals surface area contributed by atoms with Gasteiger partial charge in [0.15, 0.2) is 0 Å². The summed E-state index contributed by atoms with van der Waals surface area (Å²) in [5, 5.41) is 4.83. The van der Waals surface area contributed by atoms with Crippen molar-refractivity contribution in [2.75, 3.05) is 18.4 Å². The Morgan fingerprint density at radius 1 is 1.00 bits per heavy atom. The van der Waals surface area contributed by atoms with Crippen molar-refractivity contribution in [1.29, 1.82) is 0 Å². The van der Waals surface area contributed by atoms with Crippen LogP contribution in [0.1, 0.15) is 29.4 Å². The molecule has 0 unspecified atom stereocenters. The lowest BCUT2D eigenvalue weighted by Crippen LogP contribution is -2.32. The van der Waals surface area contributed by atoms with E-state index in [-0.39, 0.29) is 0 Å². The van der Waals surface area contributed by atoms with Crippen molar-refractivity contribution >= 4 is 16.7 Å². The summed E-state index contributed by atoms with van der Waals surface area (Å²) in [5.74, 6) is 1.71. The Morgan fingerprint density at radius 2 is 1.80 bits per heavy atom. The molecule has 1 aliphatic heterocycles. The van der Waals surface area contributed by atoms with Crippen molar-refractivity contribution in [3.63, 3.8) is 0 Å². The molecule has 2 aromatic heterocycles. The third kappa shape index (κ3) is 3.46. The molecule has 152 valence electrons. The van der Waals surface area contributed by atoms with E-state index >= 15 is 0 Å². The van der Waals surface area contributed by atoms with Gasteiger partial charge in [-0.05, 0) is 31.2 Å². The van der Waals surface area contributed by atoms with Gasteiger partial charge in [0.2, 0.25) is 5.95 Å².